The minimum absolute atomic E-state index is 0.0712. The highest BCUT2D eigenvalue weighted by molar-refractivity contribution is 6.32. The number of carbonyl (C=O) groups is 1. The van der Waals surface area contributed by atoms with Gasteiger partial charge in [0.2, 0.25) is 0 Å². The molecule has 1 aromatic carbocycles. The summed E-state index contributed by atoms with van der Waals surface area (Å²) in [6, 6.07) is 8.12. The van der Waals surface area contributed by atoms with Gasteiger partial charge in [0.25, 0.3) is 5.91 Å². The SMILES string of the molecule is Cc1ccc(O)c(C(=O)Nc2cccnc2Cl)c1. The third-order valence-electron chi connectivity index (χ3n) is 2.40. The lowest BCUT2D eigenvalue weighted by molar-refractivity contribution is 0.102. The van der Waals surface area contributed by atoms with Crippen LogP contribution in [-0.2, 0) is 0 Å². The number of benzene rings is 1. The molecule has 0 radical (unpaired) electrons. The highest BCUT2D eigenvalue weighted by atomic mass is 35.5. The van der Waals surface area contributed by atoms with Crippen LogP contribution in [0.2, 0.25) is 5.15 Å². The average Bonchev–Trinajstić information content (AvgIpc) is 2.35. The quantitative estimate of drug-likeness (QED) is 0.818. The minimum atomic E-state index is -0.425. The zero-order valence-electron chi connectivity index (χ0n) is 9.64. The van der Waals surface area contributed by atoms with E-state index in [2.05, 4.69) is 10.3 Å². The van der Waals surface area contributed by atoms with Gasteiger partial charge in [-0.15, -0.1) is 0 Å². The lowest BCUT2D eigenvalue weighted by Gasteiger charge is -2.08. The summed E-state index contributed by atoms with van der Waals surface area (Å²) in [4.78, 5) is 15.8. The second-order valence-corrected chi connectivity index (χ2v) is 4.17. The van der Waals surface area contributed by atoms with E-state index in [1.807, 2.05) is 6.92 Å². The van der Waals surface area contributed by atoms with Gasteiger partial charge in [0.05, 0.1) is 11.3 Å². The molecule has 0 unspecified atom stereocenters. The molecule has 0 saturated heterocycles. The highest BCUT2D eigenvalue weighted by Crippen LogP contribution is 2.22. The first kappa shape index (κ1) is 12.4. The van der Waals surface area contributed by atoms with Crippen molar-refractivity contribution in [3.05, 3.63) is 52.8 Å². The van der Waals surface area contributed by atoms with Gasteiger partial charge in [0.1, 0.15) is 5.75 Å². The van der Waals surface area contributed by atoms with Crippen LogP contribution in [0.3, 0.4) is 0 Å². The van der Waals surface area contributed by atoms with Crippen molar-refractivity contribution >= 4 is 23.2 Å². The number of aromatic nitrogens is 1. The van der Waals surface area contributed by atoms with E-state index in [0.29, 0.717) is 5.69 Å². The summed E-state index contributed by atoms with van der Waals surface area (Å²) in [5.74, 6) is -0.496. The van der Waals surface area contributed by atoms with E-state index in [-0.39, 0.29) is 16.5 Å². The first-order chi connectivity index (χ1) is 8.58. The van der Waals surface area contributed by atoms with E-state index in [0.717, 1.165) is 5.56 Å². The maximum absolute atomic E-state index is 12.0. The maximum Gasteiger partial charge on any atom is 0.259 e. The summed E-state index contributed by atoms with van der Waals surface area (Å²) in [6.45, 7) is 1.84. The van der Waals surface area contributed by atoms with Crippen LogP contribution < -0.4 is 5.32 Å². The molecule has 1 amide bonds. The highest BCUT2D eigenvalue weighted by Gasteiger charge is 2.12. The lowest BCUT2D eigenvalue weighted by Crippen LogP contribution is -2.12. The molecule has 0 spiro atoms. The van der Waals surface area contributed by atoms with Crippen molar-refractivity contribution in [1.82, 2.24) is 4.98 Å². The van der Waals surface area contributed by atoms with Crippen LogP contribution in [0.15, 0.2) is 36.5 Å². The predicted molar refractivity (Wildman–Crippen MR) is 70.0 cm³/mol. The number of rotatable bonds is 2. The molecule has 5 heteroatoms. The topological polar surface area (TPSA) is 62.2 Å². The molecular formula is C13H11ClN2O2. The molecule has 0 bridgehead atoms. The number of hydrogen-bond acceptors (Lipinski definition) is 3. The molecule has 1 heterocycles. The Balaban J connectivity index is 2.28. The number of phenolic OH excluding ortho intramolecular Hbond substituents is 1. The Morgan fingerprint density at radius 1 is 1.39 bits per heavy atom. The third kappa shape index (κ3) is 2.60. The molecule has 0 fully saturated rings. The molecule has 0 aliphatic heterocycles. The van der Waals surface area contributed by atoms with E-state index in [1.54, 1.807) is 24.3 Å². The van der Waals surface area contributed by atoms with Crippen molar-refractivity contribution in [3.8, 4) is 5.75 Å². The van der Waals surface area contributed by atoms with Gasteiger partial charge < -0.3 is 10.4 Å². The van der Waals surface area contributed by atoms with E-state index in [9.17, 15) is 9.90 Å². The first-order valence-electron chi connectivity index (χ1n) is 5.29. The molecule has 0 atom stereocenters. The van der Waals surface area contributed by atoms with Gasteiger partial charge in [-0.2, -0.15) is 0 Å². The van der Waals surface area contributed by atoms with Gasteiger partial charge in [-0.1, -0.05) is 23.2 Å². The fraction of sp³-hybridized carbons (Fsp3) is 0.0769. The molecule has 92 valence electrons. The molecule has 2 rings (SSSR count). The Kier molecular flexibility index (Phi) is 3.48. The second kappa shape index (κ2) is 5.06. The number of nitrogens with zero attached hydrogens (tertiary/aromatic N) is 1. The molecule has 1 aromatic heterocycles. The van der Waals surface area contributed by atoms with Crippen molar-refractivity contribution in [2.24, 2.45) is 0 Å². The minimum Gasteiger partial charge on any atom is -0.507 e. The summed E-state index contributed by atoms with van der Waals surface area (Å²) in [5.41, 5.74) is 1.50. The first-order valence-corrected chi connectivity index (χ1v) is 5.67. The van der Waals surface area contributed by atoms with Crippen molar-refractivity contribution in [2.45, 2.75) is 6.92 Å². The number of phenols is 1. The van der Waals surface area contributed by atoms with Crippen LogP contribution in [0.25, 0.3) is 0 Å². The van der Waals surface area contributed by atoms with E-state index in [4.69, 9.17) is 11.6 Å². The maximum atomic E-state index is 12.0. The molecule has 2 aromatic rings. The summed E-state index contributed by atoms with van der Waals surface area (Å²) in [7, 11) is 0. The van der Waals surface area contributed by atoms with Crippen LogP contribution in [-0.4, -0.2) is 16.0 Å². The Morgan fingerprint density at radius 2 is 2.17 bits per heavy atom. The zero-order valence-corrected chi connectivity index (χ0v) is 10.4. The van der Waals surface area contributed by atoms with Crippen molar-refractivity contribution in [2.75, 3.05) is 5.32 Å². The number of nitrogens with one attached hydrogen (secondary N) is 1. The average molecular weight is 263 g/mol. The molecule has 0 aliphatic rings. The molecule has 2 N–H and O–H groups in total. The van der Waals surface area contributed by atoms with Crippen LogP contribution in [0.1, 0.15) is 15.9 Å². The standard InChI is InChI=1S/C13H11ClN2O2/c1-8-4-5-11(17)9(7-8)13(18)16-10-3-2-6-15-12(10)14/h2-7,17H,1H3,(H,16,18). The molecule has 0 aliphatic carbocycles. The van der Waals surface area contributed by atoms with Crippen molar-refractivity contribution in [1.29, 1.82) is 0 Å². The summed E-state index contributed by atoms with van der Waals surface area (Å²) in [6.07, 6.45) is 1.53. The zero-order chi connectivity index (χ0) is 13.1. The van der Waals surface area contributed by atoms with Crippen molar-refractivity contribution in [3.63, 3.8) is 0 Å². The Bertz CT molecular complexity index is 599. The number of aromatic hydroxyl groups is 1. The number of anilines is 1. The molecule has 4 nitrogen and oxygen atoms in total. The second-order valence-electron chi connectivity index (χ2n) is 3.82. The number of halogens is 1. The molecular weight excluding hydrogens is 252 g/mol. The molecule has 18 heavy (non-hydrogen) atoms. The summed E-state index contributed by atoms with van der Waals surface area (Å²) in [5, 5.41) is 12.5. The largest absolute Gasteiger partial charge is 0.507 e. The van der Waals surface area contributed by atoms with Gasteiger partial charge in [0, 0.05) is 6.20 Å². The van der Waals surface area contributed by atoms with Gasteiger partial charge in [0.15, 0.2) is 5.15 Å². The van der Waals surface area contributed by atoms with E-state index < -0.39 is 5.91 Å². The van der Waals surface area contributed by atoms with Crippen LogP contribution in [0.4, 0.5) is 5.69 Å². The fourth-order valence-electron chi connectivity index (χ4n) is 1.50. The van der Waals surface area contributed by atoms with Crippen molar-refractivity contribution < 1.29 is 9.90 Å². The lowest BCUT2D eigenvalue weighted by atomic mass is 10.1. The number of hydrogen-bond donors (Lipinski definition) is 2. The van der Waals surface area contributed by atoms with Gasteiger partial charge >= 0.3 is 0 Å². The number of carbonyl (C=O) groups excluding carboxylic acids is 1. The Labute approximate surface area is 109 Å². The predicted octanol–water partition coefficient (Wildman–Crippen LogP) is 3.00. The van der Waals surface area contributed by atoms with Gasteiger partial charge in [-0.05, 0) is 31.2 Å². The van der Waals surface area contributed by atoms with E-state index in [1.165, 1.54) is 12.3 Å². The summed E-state index contributed by atoms with van der Waals surface area (Å²) < 4.78 is 0. The van der Waals surface area contributed by atoms with Crippen LogP contribution in [0.5, 0.6) is 5.75 Å². The van der Waals surface area contributed by atoms with Gasteiger partial charge in [-0.25, -0.2) is 4.98 Å². The smallest absolute Gasteiger partial charge is 0.259 e. The van der Waals surface area contributed by atoms with Crippen LogP contribution in [0, 0.1) is 6.92 Å². The normalized spacial score (nSPS) is 10.1. The van der Waals surface area contributed by atoms with Crippen LogP contribution >= 0.6 is 11.6 Å². The number of aryl methyl sites for hydroxylation is 1. The summed E-state index contributed by atoms with van der Waals surface area (Å²) >= 11 is 5.84. The van der Waals surface area contributed by atoms with E-state index >= 15 is 0 Å². The fourth-order valence-corrected chi connectivity index (χ4v) is 1.67. The third-order valence-corrected chi connectivity index (χ3v) is 2.71. The Hall–Kier alpha value is -2.07. The number of amides is 1. The Morgan fingerprint density at radius 3 is 2.89 bits per heavy atom. The van der Waals surface area contributed by atoms with Gasteiger partial charge in [-0.3, -0.25) is 4.79 Å². The number of pyridine rings is 1. The monoisotopic (exact) mass is 262 g/mol. The molecule has 0 saturated carbocycles.